The Bertz CT molecular complexity index is 657. The van der Waals surface area contributed by atoms with E-state index in [0.717, 1.165) is 43.1 Å². The highest BCUT2D eigenvalue weighted by atomic mass is 16.5. The molecule has 4 atom stereocenters. The Morgan fingerprint density at radius 3 is 2.10 bits per heavy atom. The standard InChI is InChI=1S/C25H37NO3/c1-17-13-26(14-18(2)29-17)15-23(27)16-28-24-5-3-22(4-6-24)25-10-19-7-20(11-25)9-21(8-19)12-25/h3-6,17-21,23,27H,7-16H2,1-2H3/p+1/t17-,18+,19?,20?,21?,23-,25?/m0/s1. The number of aliphatic hydroxyl groups is 1. The highest BCUT2D eigenvalue weighted by molar-refractivity contribution is 5.34. The third-order valence-electron chi connectivity index (χ3n) is 8.09. The molecular formula is C25H38NO3+. The van der Waals surface area contributed by atoms with Crippen molar-refractivity contribution in [1.29, 1.82) is 0 Å². The summed E-state index contributed by atoms with van der Waals surface area (Å²) in [4.78, 5) is 1.41. The molecule has 29 heavy (non-hydrogen) atoms. The molecule has 4 saturated carbocycles. The molecule has 0 amide bonds. The number of aliphatic hydroxyl groups excluding tert-OH is 1. The maximum absolute atomic E-state index is 10.5. The Morgan fingerprint density at radius 1 is 1.00 bits per heavy atom. The molecule has 4 heteroatoms. The third kappa shape index (κ3) is 4.22. The molecule has 4 aliphatic carbocycles. The zero-order valence-electron chi connectivity index (χ0n) is 18.1. The highest BCUT2D eigenvalue weighted by Gasteiger charge is 2.51. The molecular weight excluding hydrogens is 362 g/mol. The van der Waals surface area contributed by atoms with Crippen LogP contribution in [-0.2, 0) is 10.2 Å². The van der Waals surface area contributed by atoms with E-state index in [-0.39, 0.29) is 12.2 Å². The Balaban J connectivity index is 1.15. The van der Waals surface area contributed by atoms with Gasteiger partial charge in [0.1, 0.15) is 50.3 Å². The second-order valence-electron chi connectivity index (χ2n) is 10.8. The molecule has 0 aromatic heterocycles. The van der Waals surface area contributed by atoms with Crippen molar-refractivity contribution in [3.8, 4) is 5.75 Å². The average Bonchev–Trinajstić information content (AvgIpc) is 2.65. The van der Waals surface area contributed by atoms with Crippen molar-refractivity contribution in [3.63, 3.8) is 0 Å². The summed E-state index contributed by atoms with van der Waals surface area (Å²) in [6.45, 7) is 7.24. The van der Waals surface area contributed by atoms with Gasteiger partial charge in [-0.2, -0.15) is 0 Å². The van der Waals surface area contributed by atoms with Gasteiger partial charge in [-0.15, -0.1) is 0 Å². The number of nitrogens with one attached hydrogen (secondary N) is 1. The Hall–Kier alpha value is -1.10. The van der Waals surface area contributed by atoms with Crippen molar-refractivity contribution in [2.45, 2.75) is 76.1 Å². The molecule has 1 saturated heterocycles. The maximum Gasteiger partial charge on any atom is 0.137 e. The van der Waals surface area contributed by atoms with Gasteiger partial charge in [0, 0.05) is 0 Å². The molecule has 4 bridgehead atoms. The monoisotopic (exact) mass is 400 g/mol. The lowest BCUT2D eigenvalue weighted by atomic mass is 9.48. The first-order valence-electron chi connectivity index (χ1n) is 11.9. The molecule has 6 rings (SSSR count). The quantitative estimate of drug-likeness (QED) is 0.771. The van der Waals surface area contributed by atoms with Gasteiger partial charge in [-0.05, 0) is 93.2 Å². The van der Waals surface area contributed by atoms with Crippen LogP contribution in [0.4, 0.5) is 0 Å². The van der Waals surface area contributed by atoms with E-state index in [0.29, 0.717) is 12.0 Å². The first-order chi connectivity index (χ1) is 14.0. The topological polar surface area (TPSA) is 43.1 Å². The number of morpholine rings is 1. The van der Waals surface area contributed by atoms with Crippen molar-refractivity contribution in [1.82, 2.24) is 0 Å². The molecule has 1 heterocycles. The summed E-state index contributed by atoms with van der Waals surface area (Å²) < 4.78 is 11.7. The van der Waals surface area contributed by atoms with Crippen LogP contribution < -0.4 is 9.64 Å². The summed E-state index contributed by atoms with van der Waals surface area (Å²) in [6, 6.07) is 8.88. The van der Waals surface area contributed by atoms with E-state index in [1.54, 1.807) is 0 Å². The Kier molecular flexibility index (Phi) is 5.38. The molecule has 0 spiro atoms. The van der Waals surface area contributed by atoms with E-state index in [4.69, 9.17) is 9.47 Å². The lowest BCUT2D eigenvalue weighted by molar-refractivity contribution is -0.918. The van der Waals surface area contributed by atoms with Gasteiger partial charge in [0.05, 0.1) is 0 Å². The van der Waals surface area contributed by atoms with Crippen LogP contribution in [0.15, 0.2) is 24.3 Å². The van der Waals surface area contributed by atoms with E-state index in [2.05, 4.69) is 38.1 Å². The van der Waals surface area contributed by atoms with Gasteiger partial charge in [0.25, 0.3) is 0 Å². The molecule has 1 aromatic carbocycles. The third-order valence-corrected chi connectivity index (χ3v) is 8.09. The predicted molar refractivity (Wildman–Crippen MR) is 113 cm³/mol. The minimum Gasteiger partial charge on any atom is -0.491 e. The fraction of sp³-hybridized carbons (Fsp3) is 0.760. The fourth-order valence-corrected chi connectivity index (χ4v) is 7.51. The summed E-state index contributed by atoms with van der Waals surface area (Å²) >= 11 is 0. The first kappa shape index (κ1) is 19.8. The van der Waals surface area contributed by atoms with Gasteiger partial charge in [-0.25, -0.2) is 0 Å². The van der Waals surface area contributed by atoms with Crippen LogP contribution >= 0.6 is 0 Å². The minimum absolute atomic E-state index is 0.263. The van der Waals surface area contributed by atoms with Crippen LogP contribution in [0.3, 0.4) is 0 Å². The van der Waals surface area contributed by atoms with Crippen LogP contribution in [0.2, 0.25) is 0 Å². The summed E-state index contributed by atoms with van der Waals surface area (Å²) in [5.41, 5.74) is 1.98. The van der Waals surface area contributed by atoms with Crippen LogP contribution in [0, 0.1) is 17.8 Å². The molecule has 160 valence electrons. The lowest BCUT2D eigenvalue weighted by Gasteiger charge is -2.57. The summed E-state index contributed by atoms with van der Waals surface area (Å²) in [6.07, 6.45) is 8.75. The molecule has 4 nitrogen and oxygen atoms in total. The summed E-state index contributed by atoms with van der Waals surface area (Å²) in [7, 11) is 0. The van der Waals surface area contributed by atoms with Crippen LogP contribution in [0.25, 0.3) is 0 Å². The van der Waals surface area contributed by atoms with Crippen LogP contribution in [0.5, 0.6) is 5.75 Å². The van der Waals surface area contributed by atoms with Gasteiger partial charge < -0.3 is 19.5 Å². The molecule has 5 fully saturated rings. The van der Waals surface area contributed by atoms with Crippen molar-refractivity contribution >= 4 is 0 Å². The zero-order chi connectivity index (χ0) is 20.0. The SMILES string of the molecule is C[C@@H]1C[NH+](C[C@H](O)COc2ccc(C34CC5CC(CC(C5)C3)C4)cc2)C[C@H](C)O1. The number of hydrogen-bond acceptors (Lipinski definition) is 3. The second kappa shape index (κ2) is 7.86. The van der Waals surface area contributed by atoms with Gasteiger partial charge in [0.2, 0.25) is 0 Å². The van der Waals surface area contributed by atoms with E-state index >= 15 is 0 Å². The van der Waals surface area contributed by atoms with E-state index < -0.39 is 6.10 Å². The molecule has 1 aliphatic heterocycles. The Labute approximate surface area is 175 Å². The minimum atomic E-state index is -0.440. The van der Waals surface area contributed by atoms with Crippen molar-refractivity contribution in [2.75, 3.05) is 26.2 Å². The normalized spacial score (nSPS) is 42.0. The van der Waals surface area contributed by atoms with Crippen molar-refractivity contribution < 1.29 is 19.5 Å². The molecule has 0 radical (unpaired) electrons. The van der Waals surface area contributed by atoms with Gasteiger partial charge in [0.15, 0.2) is 0 Å². The fourth-order valence-electron chi connectivity index (χ4n) is 7.51. The summed E-state index contributed by atoms with van der Waals surface area (Å²) in [5, 5.41) is 10.5. The smallest absolute Gasteiger partial charge is 0.137 e. The maximum atomic E-state index is 10.5. The number of ether oxygens (including phenoxy) is 2. The van der Waals surface area contributed by atoms with Crippen molar-refractivity contribution in [3.05, 3.63) is 29.8 Å². The van der Waals surface area contributed by atoms with Gasteiger partial charge >= 0.3 is 0 Å². The van der Waals surface area contributed by atoms with Crippen LogP contribution in [-0.4, -0.2) is 49.7 Å². The van der Waals surface area contributed by atoms with E-state index in [1.807, 2.05) is 0 Å². The molecule has 1 aromatic rings. The number of hydrogen-bond donors (Lipinski definition) is 2. The van der Waals surface area contributed by atoms with E-state index in [1.165, 1.54) is 49.0 Å². The molecule has 5 aliphatic rings. The molecule has 2 N–H and O–H groups in total. The van der Waals surface area contributed by atoms with Crippen LogP contribution in [0.1, 0.15) is 57.9 Å². The average molecular weight is 401 g/mol. The van der Waals surface area contributed by atoms with Gasteiger partial charge in [-0.3, -0.25) is 0 Å². The van der Waals surface area contributed by atoms with Gasteiger partial charge in [-0.1, -0.05) is 12.1 Å². The number of benzene rings is 1. The highest BCUT2D eigenvalue weighted by Crippen LogP contribution is 2.60. The van der Waals surface area contributed by atoms with Crippen molar-refractivity contribution in [2.24, 2.45) is 17.8 Å². The van der Waals surface area contributed by atoms with E-state index in [9.17, 15) is 5.11 Å². The predicted octanol–water partition coefficient (Wildman–Crippen LogP) is 2.59. The second-order valence-corrected chi connectivity index (χ2v) is 10.8. The number of rotatable bonds is 6. The number of quaternary nitrogens is 1. The first-order valence-corrected chi connectivity index (χ1v) is 11.9. The zero-order valence-corrected chi connectivity index (χ0v) is 18.1. The Morgan fingerprint density at radius 2 is 1.55 bits per heavy atom. The summed E-state index contributed by atoms with van der Waals surface area (Å²) in [5.74, 6) is 3.80. The molecule has 1 unspecified atom stereocenters. The largest absolute Gasteiger partial charge is 0.491 e. The lowest BCUT2D eigenvalue weighted by Crippen LogP contribution is -3.16.